The Morgan fingerprint density at radius 2 is 1.73 bits per heavy atom. The number of hydrogen-bond donors (Lipinski definition) is 3. The number of likely N-dealkylation sites (tertiary alicyclic amines) is 1. The molecule has 49 heavy (non-hydrogen) atoms. The van der Waals surface area contributed by atoms with E-state index in [2.05, 4.69) is 29.2 Å². The third kappa shape index (κ3) is 6.62. The van der Waals surface area contributed by atoms with E-state index in [1.807, 2.05) is 48.7 Å². The number of likely N-dealkylation sites (N-methyl/N-ethyl adjacent to an activating group) is 1. The molecule has 4 bridgehead atoms. The SMILES string of the molecule is CCN(C)CC12CC3CC(C1)CC(C(=O)N1C[C@H](O)CC1C(=O)NC(Cc1c[nH]c4ccccc14)C(=O)N(C)Cc1ccccc1Cl)(C3)C2. The van der Waals surface area contributed by atoms with Gasteiger partial charge in [-0.3, -0.25) is 14.4 Å². The second kappa shape index (κ2) is 13.4. The van der Waals surface area contributed by atoms with Gasteiger partial charge in [0.25, 0.3) is 0 Å². The molecule has 5 fully saturated rings. The van der Waals surface area contributed by atoms with Gasteiger partial charge < -0.3 is 30.1 Å². The summed E-state index contributed by atoms with van der Waals surface area (Å²) in [5, 5.41) is 15.6. The van der Waals surface area contributed by atoms with Gasteiger partial charge in [-0.1, -0.05) is 54.9 Å². The van der Waals surface area contributed by atoms with Crippen LogP contribution in [0, 0.1) is 22.7 Å². The molecule has 2 aromatic carbocycles. The van der Waals surface area contributed by atoms with Crippen LogP contribution in [0.5, 0.6) is 0 Å². The highest BCUT2D eigenvalue weighted by atomic mass is 35.5. The number of amides is 3. The molecule has 1 saturated heterocycles. The number of hydrogen-bond acceptors (Lipinski definition) is 5. The zero-order valence-corrected chi connectivity index (χ0v) is 29.7. The average molecular weight is 688 g/mol. The van der Waals surface area contributed by atoms with Crippen LogP contribution in [0.3, 0.4) is 0 Å². The molecule has 4 saturated carbocycles. The highest BCUT2D eigenvalue weighted by Crippen LogP contribution is 2.66. The molecule has 2 heterocycles. The van der Waals surface area contributed by atoms with Crippen LogP contribution in [0.25, 0.3) is 10.9 Å². The van der Waals surface area contributed by atoms with E-state index in [-0.39, 0.29) is 49.1 Å². The molecule has 3 amide bonds. The second-order valence-electron chi connectivity index (χ2n) is 15.8. The summed E-state index contributed by atoms with van der Waals surface area (Å²) in [6.07, 6.45) is 7.66. The molecule has 262 valence electrons. The number of nitrogens with zero attached hydrogens (tertiary/aromatic N) is 3. The first-order valence-corrected chi connectivity index (χ1v) is 18.4. The summed E-state index contributed by atoms with van der Waals surface area (Å²) >= 11 is 6.44. The Balaban J connectivity index is 1.13. The van der Waals surface area contributed by atoms with Crippen molar-refractivity contribution < 1.29 is 19.5 Å². The smallest absolute Gasteiger partial charge is 0.245 e. The van der Waals surface area contributed by atoms with Crippen molar-refractivity contribution in [2.75, 3.05) is 33.7 Å². The summed E-state index contributed by atoms with van der Waals surface area (Å²) in [7, 11) is 3.89. The molecule has 0 spiro atoms. The van der Waals surface area contributed by atoms with E-state index in [1.54, 1.807) is 22.9 Å². The number of H-pyrrole nitrogens is 1. The number of para-hydroxylation sites is 1. The Labute approximate surface area is 294 Å². The topological polar surface area (TPSA) is 109 Å². The molecule has 8 rings (SSSR count). The number of halogens is 1. The monoisotopic (exact) mass is 687 g/mol. The lowest BCUT2D eigenvalue weighted by molar-refractivity contribution is -0.172. The molecule has 5 aliphatic rings. The molecule has 0 radical (unpaired) electrons. The van der Waals surface area contributed by atoms with Gasteiger partial charge in [-0.15, -0.1) is 0 Å². The van der Waals surface area contributed by atoms with Crippen molar-refractivity contribution in [3.05, 3.63) is 70.9 Å². The van der Waals surface area contributed by atoms with E-state index in [9.17, 15) is 19.5 Å². The van der Waals surface area contributed by atoms with Crippen molar-refractivity contribution in [2.45, 2.75) is 83.0 Å². The van der Waals surface area contributed by atoms with Crippen molar-refractivity contribution in [1.29, 1.82) is 0 Å². The minimum Gasteiger partial charge on any atom is -0.391 e. The number of fused-ring (bicyclic) bond motifs is 1. The number of aliphatic hydroxyl groups excluding tert-OH is 1. The van der Waals surface area contributed by atoms with E-state index in [4.69, 9.17) is 11.6 Å². The van der Waals surface area contributed by atoms with Crippen LogP contribution in [-0.2, 0) is 27.3 Å². The zero-order valence-electron chi connectivity index (χ0n) is 29.0. The van der Waals surface area contributed by atoms with E-state index in [0.717, 1.165) is 54.4 Å². The molecular weight excluding hydrogens is 638 g/mol. The molecule has 9 nitrogen and oxygen atoms in total. The van der Waals surface area contributed by atoms with Gasteiger partial charge >= 0.3 is 0 Å². The van der Waals surface area contributed by atoms with Crippen molar-refractivity contribution in [1.82, 2.24) is 25.0 Å². The molecule has 5 atom stereocenters. The predicted molar refractivity (Wildman–Crippen MR) is 191 cm³/mol. The molecule has 1 aliphatic heterocycles. The third-order valence-electron chi connectivity index (χ3n) is 12.1. The van der Waals surface area contributed by atoms with E-state index in [0.29, 0.717) is 16.9 Å². The van der Waals surface area contributed by atoms with E-state index < -0.39 is 23.6 Å². The summed E-state index contributed by atoms with van der Waals surface area (Å²) in [4.78, 5) is 52.1. The van der Waals surface area contributed by atoms with Crippen LogP contribution in [-0.4, -0.2) is 94.4 Å². The molecule has 4 unspecified atom stereocenters. The normalized spacial score (nSPS) is 29.5. The van der Waals surface area contributed by atoms with Crippen LogP contribution in [0.4, 0.5) is 0 Å². The second-order valence-corrected chi connectivity index (χ2v) is 16.3. The Bertz CT molecular complexity index is 1710. The van der Waals surface area contributed by atoms with Gasteiger partial charge in [-0.05, 0) is 92.6 Å². The number of carbonyl (C=O) groups excluding carboxylic acids is 3. The van der Waals surface area contributed by atoms with Crippen molar-refractivity contribution in [3.63, 3.8) is 0 Å². The maximum Gasteiger partial charge on any atom is 0.245 e. The lowest BCUT2D eigenvalue weighted by Crippen LogP contribution is -2.62. The molecule has 1 aromatic heterocycles. The van der Waals surface area contributed by atoms with E-state index >= 15 is 0 Å². The van der Waals surface area contributed by atoms with Crippen LogP contribution in [0.1, 0.15) is 63.0 Å². The summed E-state index contributed by atoms with van der Waals surface area (Å²) in [6, 6.07) is 13.6. The van der Waals surface area contributed by atoms with Gasteiger partial charge in [0.1, 0.15) is 12.1 Å². The quantitative estimate of drug-likeness (QED) is 0.263. The molecule has 3 aromatic rings. The fourth-order valence-electron chi connectivity index (χ4n) is 10.4. The third-order valence-corrected chi connectivity index (χ3v) is 12.4. The number of aromatic amines is 1. The van der Waals surface area contributed by atoms with Crippen molar-refractivity contribution in [3.8, 4) is 0 Å². The van der Waals surface area contributed by atoms with Gasteiger partial charge in [0.05, 0.1) is 11.5 Å². The molecular formula is C39H50ClN5O4. The fourth-order valence-corrected chi connectivity index (χ4v) is 10.6. The Morgan fingerprint density at radius 1 is 1.02 bits per heavy atom. The first-order chi connectivity index (χ1) is 23.5. The fraction of sp³-hybridized carbons (Fsp3) is 0.564. The van der Waals surface area contributed by atoms with Crippen LogP contribution >= 0.6 is 11.6 Å². The number of aromatic nitrogens is 1. The minimum atomic E-state index is -0.888. The molecule has 10 heteroatoms. The van der Waals surface area contributed by atoms with Gasteiger partial charge in [-0.25, -0.2) is 0 Å². The van der Waals surface area contributed by atoms with Gasteiger partial charge in [0, 0.05) is 61.6 Å². The van der Waals surface area contributed by atoms with Gasteiger partial charge in [0.2, 0.25) is 17.7 Å². The number of carbonyl (C=O) groups is 3. The summed E-state index contributed by atoms with van der Waals surface area (Å²) in [5.74, 6) is 0.443. The van der Waals surface area contributed by atoms with E-state index in [1.165, 1.54) is 19.3 Å². The first-order valence-electron chi connectivity index (χ1n) is 18.0. The lowest BCUT2D eigenvalue weighted by atomic mass is 9.43. The maximum absolute atomic E-state index is 14.8. The van der Waals surface area contributed by atoms with Crippen LogP contribution in [0.15, 0.2) is 54.7 Å². The highest BCUT2D eigenvalue weighted by molar-refractivity contribution is 6.31. The number of aliphatic hydroxyl groups is 1. The Kier molecular flexibility index (Phi) is 9.30. The number of β-amino-alcohol motifs (C(OH)–C–C–N with tert-alkyl or cyclic N) is 1. The predicted octanol–water partition coefficient (Wildman–Crippen LogP) is 5.01. The molecule has 4 aliphatic carbocycles. The van der Waals surface area contributed by atoms with Crippen molar-refractivity contribution in [2.24, 2.45) is 22.7 Å². The number of rotatable bonds is 11. The highest BCUT2D eigenvalue weighted by Gasteiger charge is 2.62. The minimum absolute atomic E-state index is 0.0252. The standard InChI is InChI=1S/C39H50ClN5O4/c1-4-43(2)24-38-16-25-13-26(17-38)19-39(18-25,23-38)37(49)45-22-29(46)15-34(45)35(47)42-33(14-28-20-41-32-12-8-6-10-30(28)32)36(48)44(3)21-27-9-5-7-11-31(27)40/h5-12,20,25-26,29,33-34,41,46H,4,13-19,21-24H2,1-3H3,(H,42,47)/t25?,26?,29-,33?,34?,38?,39?/m1/s1. The number of benzene rings is 2. The van der Waals surface area contributed by atoms with Crippen LogP contribution < -0.4 is 5.32 Å². The maximum atomic E-state index is 14.8. The lowest BCUT2D eigenvalue weighted by Gasteiger charge is -2.62. The zero-order chi connectivity index (χ0) is 34.5. The first kappa shape index (κ1) is 34.1. The van der Waals surface area contributed by atoms with Crippen LogP contribution in [0.2, 0.25) is 5.02 Å². The summed E-state index contributed by atoms with van der Waals surface area (Å²) < 4.78 is 0. The average Bonchev–Trinajstić information content (AvgIpc) is 3.67. The Hall–Kier alpha value is -3.40. The summed E-state index contributed by atoms with van der Waals surface area (Å²) in [6.45, 7) is 4.58. The molecule has 3 N–H and O–H groups in total. The summed E-state index contributed by atoms with van der Waals surface area (Å²) in [5.41, 5.74) is 2.31. The van der Waals surface area contributed by atoms with Gasteiger partial charge in [-0.2, -0.15) is 0 Å². The van der Waals surface area contributed by atoms with Crippen molar-refractivity contribution >= 4 is 40.2 Å². The van der Waals surface area contributed by atoms with Gasteiger partial charge in [0.15, 0.2) is 0 Å². The largest absolute Gasteiger partial charge is 0.391 e. The Morgan fingerprint density at radius 3 is 2.47 bits per heavy atom. The number of nitrogens with one attached hydrogen (secondary N) is 2.